The van der Waals surface area contributed by atoms with Crippen LogP contribution in [0.15, 0.2) is 0 Å². The molecule has 0 bridgehead atoms. The summed E-state index contributed by atoms with van der Waals surface area (Å²) in [6.45, 7) is 5.12. The molecule has 100 valence electrons. The van der Waals surface area contributed by atoms with Crippen molar-refractivity contribution in [2.75, 3.05) is 19.8 Å². The molecule has 4 N–H and O–H groups in total. The van der Waals surface area contributed by atoms with Crippen LogP contribution in [0.2, 0.25) is 0 Å². The minimum absolute atomic E-state index is 0.0451. The highest BCUT2D eigenvalue weighted by atomic mass is 16.5. The van der Waals surface area contributed by atoms with E-state index < -0.39 is 5.54 Å². The van der Waals surface area contributed by atoms with E-state index in [1.165, 1.54) is 0 Å². The first kappa shape index (κ1) is 14.4. The quantitative estimate of drug-likeness (QED) is 0.636. The van der Waals surface area contributed by atoms with E-state index in [4.69, 9.17) is 10.5 Å². The van der Waals surface area contributed by atoms with Gasteiger partial charge in [0, 0.05) is 13.2 Å². The zero-order valence-electron chi connectivity index (χ0n) is 10.7. The van der Waals surface area contributed by atoms with Crippen LogP contribution in [0.4, 0.5) is 0 Å². The highest BCUT2D eigenvalue weighted by Crippen LogP contribution is 2.18. The predicted octanol–water partition coefficient (Wildman–Crippen LogP) is 0.0175. The number of hydrogen-bond donors (Lipinski definition) is 3. The fourth-order valence-electron chi connectivity index (χ4n) is 2.04. The lowest BCUT2D eigenvalue weighted by Crippen LogP contribution is -2.59. The number of carbonyl (C=O) groups is 1. The molecule has 5 heteroatoms. The minimum atomic E-state index is -0.831. The molecule has 1 aliphatic heterocycles. The smallest absolute Gasteiger partial charge is 0.240 e. The lowest BCUT2D eigenvalue weighted by atomic mass is 9.89. The molecule has 17 heavy (non-hydrogen) atoms. The van der Waals surface area contributed by atoms with Crippen LogP contribution in [0, 0.1) is 5.92 Å². The van der Waals surface area contributed by atoms with Crippen molar-refractivity contribution in [2.45, 2.75) is 44.7 Å². The summed E-state index contributed by atoms with van der Waals surface area (Å²) in [5.41, 5.74) is 5.23. The third-order valence-corrected chi connectivity index (χ3v) is 3.15. The third kappa shape index (κ3) is 4.26. The monoisotopic (exact) mass is 244 g/mol. The van der Waals surface area contributed by atoms with Crippen LogP contribution in [-0.2, 0) is 9.53 Å². The van der Waals surface area contributed by atoms with Gasteiger partial charge in [0.25, 0.3) is 0 Å². The van der Waals surface area contributed by atoms with E-state index in [1.54, 1.807) is 0 Å². The van der Waals surface area contributed by atoms with E-state index in [-0.39, 0.29) is 18.6 Å². The molecule has 1 rings (SSSR count). The van der Waals surface area contributed by atoms with Crippen molar-refractivity contribution in [2.24, 2.45) is 11.7 Å². The molecule has 0 aromatic carbocycles. The predicted molar refractivity (Wildman–Crippen MR) is 65.4 cm³/mol. The molecule has 0 saturated carbocycles. The molecule has 1 atom stereocenters. The normalized spacial score (nSPS) is 21.2. The maximum atomic E-state index is 12.1. The van der Waals surface area contributed by atoms with E-state index in [1.807, 2.05) is 0 Å². The van der Waals surface area contributed by atoms with E-state index >= 15 is 0 Å². The van der Waals surface area contributed by atoms with Gasteiger partial charge in [-0.1, -0.05) is 13.8 Å². The highest BCUT2D eigenvalue weighted by Gasteiger charge is 2.36. The third-order valence-electron chi connectivity index (χ3n) is 3.15. The summed E-state index contributed by atoms with van der Waals surface area (Å²) in [7, 11) is 0. The second kappa shape index (κ2) is 6.33. The number of ether oxygens (including phenoxy) is 1. The molecular weight excluding hydrogens is 220 g/mol. The van der Waals surface area contributed by atoms with Crippen molar-refractivity contribution in [3.05, 3.63) is 0 Å². The number of rotatable bonds is 5. The number of nitrogens with one attached hydrogen (secondary N) is 1. The van der Waals surface area contributed by atoms with Crippen molar-refractivity contribution in [1.82, 2.24) is 5.32 Å². The Kier molecular flexibility index (Phi) is 5.36. The first-order valence-corrected chi connectivity index (χ1v) is 6.26. The topological polar surface area (TPSA) is 84.6 Å². The summed E-state index contributed by atoms with van der Waals surface area (Å²) in [4.78, 5) is 12.1. The van der Waals surface area contributed by atoms with Gasteiger partial charge in [-0.3, -0.25) is 4.79 Å². The van der Waals surface area contributed by atoms with Crippen LogP contribution in [0.1, 0.15) is 33.1 Å². The molecule has 1 fully saturated rings. The Hall–Kier alpha value is -0.650. The minimum Gasteiger partial charge on any atom is -0.394 e. The summed E-state index contributed by atoms with van der Waals surface area (Å²) in [6, 6.07) is -0.203. The Morgan fingerprint density at radius 3 is 2.53 bits per heavy atom. The van der Waals surface area contributed by atoms with Gasteiger partial charge in [-0.25, -0.2) is 0 Å². The van der Waals surface area contributed by atoms with Gasteiger partial charge in [0.15, 0.2) is 0 Å². The van der Waals surface area contributed by atoms with Crippen molar-refractivity contribution < 1.29 is 14.6 Å². The average molecular weight is 244 g/mol. The number of aliphatic hydroxyl groups is 1. The molecular formula is C12H24N2O3. The number of carbonyl (C=O) groups excluding carboxylic acids is 1. The van der Waals surface area contributed by atoms with Gasteiger partial charge in [0.2, 0.25) is 5.91 Å². The average Bonchev–Trinajstić information content (AvgIpc) is 2.28. The Bertz CT molecular complexity index is 250. The second-order valence-electron chi connectivity index (χ2n) is 5.25. The van der Waals surface area contributed by atoms with Crippen molar-refractivity contribution >= 4 is 5.91 Å². The van der Waals surface area contributed by atoms with E-state index in [0.29, 0.717) is 32.0 Å². The number of hydrogen-bond acceptors (Lipinski definition) is 4. The van der Waals surface area contributed by atoms with Crippen LogP contribution in [0.5, 0.6) is 0 Å². The Morgan fingerprint density at radius 1 is 1.47 bits per heavy atom. The van der Waals surface area contributed by atoms with Crippen LogP contribution in [0.3, 0.4) is 0 Å². The fourth-order valence-corrected chi connectivity index (χ4v) is 2.04. The molecule has 1 aliphatic rings. The first-order valence-electron chi connectivity index (χ1n) is 6.26. The van der Waals surface area contributed by atoms with Crippen LogP contribution in [-0.4, -0.2) is 42.4 Å². The summed E-state index contributed by atoms with van der Waals surface area (Å²) in [5.74, 6) is 0.261. The number of nitrogens with two attached hydrogens (primary N) is 1. The fraction of sp³-hybridized carbons (Fsp3) is 0.917. The van der Waals surface area contributed by atoms with Crippen molar-refractivity contribution in [3.63, 3.8) is 0 Å². The van der Waals surface area contributed by atoms with Crippen molar-refractivity contribution in [3.8, 4) is 0 Å². The molecule has 0 aromatic rings. The van der Waals surface area contributed by atoms with Crippen LogP contribution in [0.25, 0.3) is 0 Å². The summed E-state index contributed by atoms with van der Waals surface area (Å²) in [6.07, 6.45) is 1.84. The van der Waals surface area contributed by atoms with Gasteiger partial charge < -0.3 is 20.9 Å². The summed E-state index contributed by atoms with van der Waals surface area (Å²) < 4.78 is 5.20. The van der Waals surface area contributed by atoms with E-state index in [2.05, 4.69) is 19.2 Å². The second-order valence-corrected chi connectivity index (χ2v) is 5.25. The molecule has 0 spiro atoms. The van der Waals surface area contributed by atoms with Gasteiger partial charge in [-0.2, -0.15) is 0 Å². The van der Waals surface area contributed by atoms with E-state index in [9.17, 15) is 9.90 Å². The molecule has 0 aromatic heterocycles. The molecule has 0 radical (unpaired) electrons. The standard InChI is InChI=1S/C12H24N2O3/c1-9(2)7-10(8-15)14-11(16)12(13)3-5-17-6-4-12/h9-10,15H,3-8,13H2,1-2H3,(H,14,16). The van der Waals surface area contributed by atoms with Crippen LogP contribution < -0.4 is 11.1 Å². The molecule has 0 aliphatic carbocycles. The number of amides is 1. The maximum Gasteiger partial charge on any atom is 0.240 e. The lowest BCUT2D eigenvalue weighted by Gasteiger charge is -2.33. The number of aliphatic hydroxyl groups excluding tert-OH is 1. The SMILES string of the molecule is CC(C)CC(CO)NC(=O)C1(N)CCOCC1. The maximum absolute atomic E-state index is 12.1. The van der Waals surface area contributed by atoms with Crippen molar-refractivity contribution in [1.29, 1.82) is 0 Å². The first-order chi connectivity index (χ1) is 7.98. The molecule has 1 amide bonds. The Labute approximate surface area is 103 Å². The van der Waals surface area contributed by atoms with Gasteiger partial charge in [0.05, 0.1) is 18.2 Å². The van der Waals surface area contributed by atoms with Gasteiger partial charge >= 0.3 is 0 Å². The van der Waals surface area contributed by atoms with Gasteiger partial charge in [0.1, 0.15) is 0 Å². The highest BCUT2D eigenvalue weighted by molar-refractivity contribution is 5.86. The zero-order chi connectivity index (χ0) is 12.9. The molecule has 1 unspecified atom stereocenters. The zero-order valence-corrected chi connectivity index (χ0v) is 10.7. The molecule has 1 saturated heterocycles. The van der Waals surface area contributed by atoms with E-state index in [0.717, 1.165) is 6.42 Å². The Morgan fingerprint density at radius 2 is 2.06 bits per heavy atom. The summed E-state index contributed by atoms with van der Waals surface area (Å²) in [5, 5.41) is 12.1. The lowest BCUT2D eigenvalue weighted by molar-refractivity contribution is -0.130. The summed E-state index contributed by atoms with van der Waals surface area (Å²) >= 11 is 0. The van der Waals surface area contributed by atoms with Crippen LogP contribution >= 0.6 is 0 Å². The Balaban J connectivity index is 2.50. The largest absolute Gasteiger partial charge is 0.394 e. The van der Waals surface area contributed by atoms with Gasteiger partial charge in [-0.05, 0) is 25.2 Å². The molecule has 5 nitrogen and oxygen atoms in total. The van der Waals surface area contributed by atoms with Gasteiger partial charge in [-0.15, -0.1) is 0 Å². The molecule has 1 heterocycles.